The van der Waals surface area contributed by atoms with Gasteiger partial charge >= 0.3 is 0 Å². The van der Waals surface area contributed by atoms with Gasteiger partial charge in [0, 0.05) is 18.6 Å². The second-order valence-electron chi connectivity index (χ2n) is 7.34. The lowest BCUT2D eigenvalue weighted by atomic mass is 9.77. The van der Waals surface area contributed by atoms with Crippen molar-refractivity contribution in [1.82, 2.24) is 10.2 Å². The second-order valence-corrected chi connectivity index (χ2v) is 7.34. The third kappa shape index (κ3) is 3.01. The number of nitrogens with two attached hydrogens (primary N) is 1. The van der Waals surface area contributed by atoms with Gasteiger partial charge in [-0.1, -0.05) is 12.8 Å². The van der Waals surface area contributed by atoms with Crippen LogP contribution in [0.25, 0.3) is 0 Å². The van der Waals surface area contributed by atoms with Crippen LogP contribution >= 0.6 is 0 Å². The molecule has 0 bridgehead atoms. The average Bonchev–Trinajstić information content (AvgIpc) is 3.23. The van der Waals surface area contributed by atoms with E-state index in [2.05, 4.69) is 10.2 Å². The molecule has 20 heavy (non-hydrogen) atoms. The monoisotopic (exact) mass is 279 g/mol. The van der Waals surface area contributed by atoms with Crippen LogP contribution < -0.4 is 11.1 Å². The summed E-state index contributed by atoms with van der Waals surface area (Å²) in [6, 6.07) is 1.21. The molecule has 3 fully saturated rings. The molecule has 2 aliphatic carbocycles. The van der Waals surface area contributed by atoms with E-state index in [-0.39, 0.29) is 5.91 Å². The van der Waals surface area contributed by atoms with E-state index in [1.165, 1.54) is 51.4 Å². The molecule has 0 aromatic heterocycles. The largest absolute Gasteiger partial charge is 0.368 e. The number of primary amides is 1. The molecule has 1 amide bonds. The molecule has 3 unspecified atom stereocenters. The topological polar surface area (TPSA) is 58.4 Å². The van der Waals surface area contributed by atoms with E-state index in [4.69, 9.17) is 5.73 Å². The molecule has 1 heterocycles. The molecule has 3 rings (SSSR count). The van der Waals surface area contributed by atoms with Gasteiger partial charge in [0.25, 0.3) is 0 Å². The molecule has 1 saturated heterocycles. The first-order valence-corrected chi connectivity index (χ1v) is 8.40. The zero-order valence-corrected chi connectivity index (χ0v) is 12.7. The van der Waals surface area contributed by atoms with E-state index >= 15 is 0 Å². The van der Waals surface area contributed by atoms with Crippen molar-refractivity contribution in [2.24, 2.45) is 11.7 Å². The van der Waals surface area contributed by atoms with Gasteiger partial charge in [-0.05, 0) is 57.9 Å². The highest BCUT2D eigenvalue weighted by molar-refractivity contribution is 5.84. The van der Waals surface area contributed by atoms with E-state index in [1.807, 2.05) is 6.92 Å². The Balaban J connectivity index is 1.68. The lowest BCUT2D eigenvalue weighted by molar-refractivity contribution is -0.125. The summed E-state index contributed by atoms with van der Waals surface area (Å²) in [7, 11) is 0. The molecule has 0 radical (unpaired) electrons. The van der Waals surface area contributed by atoms with Gasteiger partial charge in [0.15, 0.2) is 0 Å². The number of amides is 1. The fourth-order valence-corrected chi connectivity index (χ4v) is 4.20. The molecular formula is C16H29N3O. The average molecular weight is 279 g/mol. The first-order chi connectivity index (χ1) is 9.58. The molecule has 4 nitrogen and oxygen atoms in total. The van der Waals surface area contributed by atoms with E-state index in [0.717, 1.165) is 19.0 Å². The predicted molar refractivity (Wildman–Crippen MR) is 80.3 cm³/mol. The minimum atomic E-state index is -0.555. The van der Waals surface area contributed by atoms with Gasteiger partial charge in [-0.15, -0.1) is 0 Å². The molecule has 0 aromatic carbocycles. The molecule has 3 aliphatic rings. The number of piperidine rings is 1. The van der Waals surface area contributed by atoms with Crippen LogP contribution in [0.3, 0.4) is 0 Å². The van der Waals surface area contributed by atoms with Crippen molar-refractivity contribution in [3.05, 3.63) is 0 Å². The third-order valence-electron chi connectivity index (χ3n) is 5.52. The Kier molecular flexibility index (Phi) is 4.04. The van der Waals surface area contributed by atoms with Gasteiger partial charge in [-0.25, -0.2) is 0 Å². The Morgan fingerprint density at radius 2 is 1.90 bits per heavy atom. The smallest absolute Gasteiger partial charge is 0.238 e. The molecule has 1 aliphatic heterocycles. The zero-order valence-electron chi connectivity index (χ0n) is 12.7. The van der Waals surface area contributed by atoms with Crippen LogP contribution in [-0.4, -0.2) is 41.5 Å². The standard InChI is InChI=1S/C16H29N3O/c1-16(15(17)20,18-13-8-9-13)11-19-10-4-6-12-5-2-3-7-14(12)19/h12-14,18H,2-11H2,1H3,(H2,17,20). The number of carbonyl (C=O) groups excluding carboxylic acids is 1. The Labute approximate surface area is 122 Å². The summed E-state index contributed by atoms with van der Waals surface area (Å²) in [6.45, 7) is 3.93. The molecule has 3 atom stereocenters. The SMILES string of the molecule is CC(CN1CCCC2CCCCC21)(NC1CC1)C(N)=O. The lowest BCUT2D eigenvalue weighted by Crippen LogP contribution is -2.63. The highest BCUT2D eigenvalue weighted by Gasteiger charge is 2.42. The highest BCUT2D eigenvalue weighted by atomic mass is 16.1. The molecule has 4 heteroatoms. The van der Waals surface area contributed by atoms with E-state index < -0.39 is 5.54 Å². The third-order valence-corrected chi connectivity index (χ3v) is 5.52. The molecule has 114 valence electrons. The number of fused-ring (bicyclic) bond motifs is 1. The fourth-order valence-electron chi connectivity index (χ4n) is 4.20. The Morgan fingerprint density at radius 3 is 2.60 bits per heavy atom. The fraction of sp³-hybridized carbons (Fsp3) is 0.938. The van der Waals surface area contributed by atoms with Crippen LogP contribution in [-0.2, 0) is 4.79 Å². The van der Waals surface area contributed by atoms with Crippen molar-refractivity contribution in [1.29, 1.82) is 0 Å². The number of carbonyl (C=O) groups is 1. The number of nitrogens with zero attached hydrogens (tertiary/aromatic N) is 1. The Morgan fingerprint density at radius 1 is 1.20 bits per heavy atom. The summed E-state index contributed by atoms with van der Waals surface area (Å²) >= 11 is 0. The van der Waals surface area contributed by atoms with E-state index in [1.54, 1.807) is 0 Å². The van der Waals surface area contributed by atoms with Gasteiger partial charge in [0.05, 0.1) is 0 Å². The van der Waals surface area contributed by atoms with Crippen LogP contribution in [0.1, 0.15) is 58.3 Å². The van der Waals surface area contributed by atoms with Gasteiger partial charge in [-0.2, -0.15) is 0 Å². The minimum Gasteiger partial charge on any atom is -0.368 e. The van der Waals surface area contributed by atoms with Gasteiger partial charge in [-0.3, -0.25) is 15.0 Å². The van der Waals surface area contributed by atoms with Crippen LogP contribution in [0.4, 0.5) is 0 Å². The van der Waals surface area contributed by atoms with E-state index in [0.29, 0.717) is 12.1 Å². The Hall–Kier alpha value is -0.610. The van der Waals surface area contributed by atoms with Crippen molar-refractivity contribution in [2.75, 3.05) is 13.1 Å². The Bertz CT molecular complexity index is 367. The van der Waals surface area contributed by atoms with Crippen molar-refractivity contribution in [3.63, 3.8) is 0 Å². The summed E-state index contributed by atoms with van der Waals surface area (Å²) in [5.41, 5.74) is 5.15. The predicted octanol–water partition coefficient (Wildman–Crippen LogP) is 1.64. The van der Waals surface area contributed by atoms with Gasteiger partial charge in [0.2, 0.25) is 5.91 Å². The van der Waals surface area contributed by atoms with Gasteiger partial charge < -0.3 is 5.73 Å². The quantitative estimate of drug-likeness (QED) is 0.804. The molecule has 2 saturated carbocycles. The van der Waals surface area contributed by atoms with E-state index in [9.17, 15) is 4.79 Å². The maximum absolute atomic E-state index is 12.0. The van der Waals surface area contributed by atoms with Gasteiger partial charge in [0.1, 0.15) is 5.54 Å². The first kappa shape index (κ1) is 14.3. The molecule has 0 aromatic rings. The number of nitrogens with one attached hydrogen (secondary N) is 1. The number of likely N-dealkylation sites (tertiary alicyclic amines) is 1. The van der Waals surface area contributed by atoms with Crippen LogP contribution in [0.5, 0.6) is 0 Å². The minimum absolute atomic E-state index is 0.192. The first-order valence-electron chi connectivity index (χ1n) is 8.40. The van der Waals surface area contributed by atoms with Crippen molar-refractivity contribution >= 4 is 5.91 Å². The summed E-state index contributed by atoms with van der Waals surface area (Å²) in [5, 5.41) is 3.49. The summed E-state index contributed by atoms with van der Waals surface area (Å²) < 4.78 is 0. The van der Waals surface area contributed by atoms with Crippen molar-refractivity contribution in [3.8, 4) is 0 Å². The lowest BCUT2D eigenvalue weighted by Gasteiger charge is -2.47. The number of hydrogen-bond acceptors (Lipinski definition) is 3. The molecule has 3 N–H and O–H groups in total. The van der Waals surface area contributed by atoms with Crippen LogP contribution in [0.2, 0.25) is 0 Å². The number of hydrogen-bond donors (Lipinski definition) is 2. The maximum Gasteiger partial charge on any atom is 0.238 e. The summed E-state index contributed by atoms with van der Waals surface area (Å²) in [4.78, 5) is 14.5. The number of rotatable bonds is 5. The van der Waals surface area contributed by atoms with Crippen LogP contribution in [0, 0.1) is 5.92 Å². The summed E-state index contributed by atoms with van der Waals surface area (Å²) in [6.07, 6.45) is 10.5. The van der Waals surface area contributed by atoms with Crippen molar-refractivity contribution < 1.29 is 4.79 Å². The summed E-state index contributed by atoms with van der Waals surface area (Å²) in [5.74, 6) is 0.665. The van der Waals surface area contributed by atoms with Crippen LogP contribution in [0.15, 0.2) is 0 Å². The normalized spacial score (nSPS) is 34.2. The zero-order chi connectivity index (χ0) is 14.2. The maximum atomic E-state index is 12.0. The molecule has 0 spiro atoms. The second kappa shape index (κ2) is 5.64. The van der Waals surface area contributed by atoms with Crippen molar-refractivity contribution in [2.45, 2.75) is 75.9 Å². The molecular weight excluding hydrogens is 250 g/mol. The highest BCUT2D eigenvalue weighted by Crippen LogP contribution is 2.36.